The molecule has 4 rings (SSSR count). The zero-order valence-electron chi connectivity index (χ0n) is 19.4. The zero-order valence-corrected chi connectivity index (χ0v) is 19.4. The van der Waals surface area contributed by atoms with Crippen molar-refractivity contribution in [2.24, 2.45) is 0 Å². The predicted molar refractivity (Wildman–Crippen MR) is 133 cm³/mol. The molecule has 1 aliphatic rings. The number of hydrogen-bond donors (Lipinski definition) is 2. The van der Waals surface area contributed by atoms with E-state index < -0.39 is 5.97 Å². The summed E-state index contributed by atoms with van der Waals surface area (Å²) in [6, 6.07) is 22.2. The summed E-state index contributed by atoms with van der Waals surface area (Å²) in [6.45, 7) is 3.69. The normalized spacial score (nSPS) is 12.7. The number of carbonyl (C=O) groups excluding carboxylic acids is 1. The van der Waals surface area contributed by atoms with E-state index in [1.165, 1.54) is 18.1 Å². The lowest BCUT2D eigenvalue weighted by molar-refractivity contribution is -0.137. The third kappa shape index (κ3) is 6.16. The van der Waals surface area contributed by atoms with Crippen LogP contribution in [0.1, 0.15) is 42.0 Å². The van der Waals surface area contributed by atoms with Crippen LogP contribution >= 0.6 is 0 Å². The third-order valence-corrected chi connectivity index (χ3v) is 5.97. The quantitative estimate of drug-likeness (QED) is 0.461. The van der Waals surface area contributed by atoms with Crippen LogP contribution in [0.25, 0.3) is 0 Å². The molecule has 0 saturated carbocycles. The summed E-state index contributed by atoms with van der Waals surface area (Å²) in [5.41, 5.74) is 6.48. The van der Waals surface area contributed by atoms with Crippen molar-refractivity contribution in [1.82, 2.24) is 0 Å². The number of carbonyl (C=O) groups is 2. The van der Waals surface area contributed by atoms with Gasteiger partial charge >= 0.3 is 5.97 Å². The van der Waals surface area contributed by atoms with Gasteiger partial charge in [0.05, 0.1) is 5.69 Å². The van der Waals surface area contributed by atoms with Crippen LogP contribution in [0.4, 0.5) is 11.4 Å². The average Bonchev–Trinajstić information content (AvgIpc) is 2.83. The molecule has 1 heterocycles. The van der Waals surface area contributed by atoms with E-state index in [1.807, 2.05) is 42.5 Å². The molecule has 0 radical (unpaired) electrons. The second kappa shape index (κ2) is 10.9. The van der Waals surface area contributed by atoms with Crippen LogP contribution in [0.2, 0.25) is 0 Å². The highest BCUT2D eigenvalue weighted by Gasteiger charge is 2.21. The maximum absolute atomic E-state index is 11.3. The van der Waals surface area contributed by atoms with Crippen molar-refractivity contribution in [2.75, 3.05) is 16.8 Å². The molecule has 0 atom stereocenters. The topological polar surface area (TPSA) is 78.9 Å². The number of rotatable bonds is 9. The Bertz CT molecular complexity index is 1140. The molecule has 0 spiro atoms. The Hall–Kier alpha value is -3.80. The van der Waals surface area contributed by atoms with Crippen LogP contribution in [-0.4, -0.2) is 23.5 Å². The molecule has 176 valence electrons. The number of ether oxygens (including phenoxy) is 1. The first kappa shape index (κ1) is 23.4. The summed E-state index contributed by atoms with van der Waals surface area (Å²) in [6.07, 6.45) is 2.79. The summed E-state index contributed by atoms with van der Waals surface area (Å²) >= 11 is 0. The molecule has 6 nitrogen and oxygen atoms in total. The smallest absolute Gasteiger partial charge is 0.303 e. The summed E-state index contributed by atoms with van der Waals surface area (Å²) < 4.78 is 6.28. The standard InChI is InChI=1S/C28H30N2O4/c1-20(31)29-25-14-11-22(12-15-25)18-30-17-3-5-24-4-2-6-26(28(24)30)34-19-23-9-7-21(8-10-23)13-16-27(32)33/h2,4,6-12,14-15H,3,5,13,16-19H2,1H3,(H,29,31)(H,32,33). The van der Waals surface area contributed by atoms with Crippen LogP contribution in [0.5, 0.6) is 5.75 Å². The highest BCUT2D eigenvalue weighted by atomic mass is 16.5. The Kier molecular flexibility index (Phi) is 7.48. The van der Waals surface area contributed by atoms with Crippen molar-refractivity contribution in [1.29, 1.82) is 0 Å². The summed E-state index contributed by atoms with van der Waals surface area (Å²) in [5, 5.41) is 11.7. The fraction of sp³-hybridized carbons (Fsp3) is 0.286. The Morgan fingerprint density at radius 1 is 0.971 bits per heavy atom. The Morgan fingerprint density at radius 2 is 1.68 bits per heavy atom. The van der Waals surface area contributed by atoms with Crippen LogP contribution < -0.4 is 15.0 Å². The average molecular weight is 459 g/mol. The van der Waals surface area contributed by atoms with Crippen molar-refractivity contribution in [2.45, 2.75) is 45.8 Å². The third-order valence-electron chi connectivity index (χ3n) is 5.97. The number of benzene rings is 3. The van der Waals surface area contributed by atoms with Crippen molar-refractivity contribution >= 4 is 23.3 Å². The Balaban J connectivity index is 1.45. The molecular weight excluding hydrogens is 428 g/mol. The molecule has 1 aliphatic heterocycles. The van der Waals surface area contributed by atoms with E-state index in [4.69, 9.17) is 9.84 Å². The van der Waals surface area contributed by atoms with Gasteiger partial charge in [-0.1, -0.05) is 48.5 Å². The molecule has 3 aromatic carbocycles. The number of carboxylic acids is 1. The number of nitrogens with zero attached hydrogens (tertiary/aromatic N) is 1. The van der Waals surface area contributed by atoms with Crippen molar-refractivity contribution in [3.05, 3.63) is 89.0 Å². The number of aryl methyl sites for hydroxylation is 2. The van der Waals surface area contributed by atoms with Gasteiger partial charge < -0.3 is 20.1 Å². The molecule has 34 heavy (non-hydrogen) atoms. The van der Waals surface area contributed by atoms with E-state index in [-0.39, 0.29) is 12.3 Å². The van der Waals surface area contributed by atoms with Crippen LogP contribution in [0.15, 0.2) is 66.7 Å². The van der Waals surface area contributed by atoms with Crippen LogP contribution in [0.3, 0.4) is 0 Å². The minimum Gasteiger partial charge on any atom is -0.487 e. The molecular formula is C28H30N2O4. The van der Waals surface area contributed by atoms with Gasteiger partial charge in [-0.2, -0.15) is 0 Å². The molecule has 2 N–H and O–H groups in total. The Labute approximate surface area is 200 Å². The molecule has 0 aliphatic carbocycles. The molecule has 0 aromatic heterocycles. The molecule has 3 aromatic rings. The van der Waals surface area contributed by atoms with Gasteiger partial charge in [-0.15, -0.1) is 0 Å². The van der Waals surface area contributed by atoms with Gasteiger partial charge in [0.2, 0.25) is 5.91 Å². The van der Waals surface area contributed by atoms with E-state index in [9.17, 15) is 9.59 Å². The van der Waals surface area contributed by atoms with Gasteiger partial charge in [-0.05, 0) is 59.7 Å². The SMILES string of the molecule is CC(=O)Nc1ccc(CN2CCCc3cccc(OCc4ccc(CCC(=O)O)cc4)c32)cc1. The van der Waals surface area contributed by atoms with Crippen molar-refractivity contribution < 1.29 is 19.4 Å². The van der Waals surface area contributed by atoms with E-state index in [1.54, 1.807) is 0 Å². The highest BCUT2D eigenvalue weighted by Crippen LogP contribution is 2.37. The monoisotopic (exact) mass is 458 g/mol. The zero-order chi connectivity index (χ0) is 23.9. The fourth-order valence-electron chi connectivity index (χ4n) is 4.31. The summed E-state index contributed by atoms with van der Waals surface area (Å²) in [5.74, 6) is 0.0194. The number of para-hydroxylation sites is 1. The van der Waals surface area contributed by atoms with E-state index in [0.29, 0.717) is 13.0 Å². The Morgan fingerprint density at radius 3 is 2.38 bits per heavy atom. The molecule has 0 unspecified atom stereocenters. The van der Waals surface area contributed by atoms with E-state index in [2.05, 4.69) is 34.5 Å². The number of aliphatic carboxylic acids is 1. The highest BCUT2D eigenvalue weighted by molar-refractivity contribution is 5.88. The molecule has 0 fully saturated rings. The number of carboxylic acid groups (broad SMARTS) is 1. The van der Waals surface area contributed by atoms with Crippen molar-refractivity contribution in [3.8, 4) is 5.75 Å². The first-order chi connectivity index (χ1) is 16.5. The van der Waals surface area contributed by atoms with Gasteiger partial charge in [-0.3, -0.25) is 9.59 Å². The van der Waals surface area contributed by atoms with Gasteiger partial charge in [0.15, 0.2) is 0 Å². The fourth-order valence-corrected chi connectivity index (χ4v) is 4.31. The summed E-state index contributed by atoms with van der Waals surface area (Å²) in [4.78, 5) is 24.4. The number of nitrogens with one attached hydrogen (secondary N) is 1. The largest absolute Gasteiger partial charge is 0.487 e. The van der Waals surface area contributed by atoms with E-state index in [0.717, 1.165) is 54.2 Å². The number of amides is 1. The molecule has 0 saturated heterocycles. The van der Waals surface area contributed by atoms with Gasteiger partial charge in [0.1, 0.15) is 12.4 Å². The lowest BCUT2D eigenvalue weighted by Crippen LogP contribution is -2.29. The van der Waals surface area contributed by atoms with Gasteiger partial charge in [0, 0.05) is 32.1 Å². The predicted octanol–water partition coefficient (Wildman–Crippen LogP) is 5.19. The first-order valence-electron chi connectivity index (χ1n) is 11.6. The lowest BCUT2D eigenvalue weighted by Gasteiger charge is -2.33. The first-order valence-corrected chi connectivity index (χ1v) is 11.6. The van der Waals surface area contributed by atoms with Crippen LogP contribution in [0, 0.1) is 0 Å². The minimum atomic E-state index is -0.783. The number of fused-ring (bicyclic) bond motifs is 1. The lowest BCUT2D eigenvalue weighted by atomic mass is 10.00. The number of anilines is 2. The maximum atomic E-state index is 11.3. The number of hydrogen-bond acceptors (Lipinski definition) is 4. The van der Waals surface area contributed by atoms with Crippen molar-refractivity contribution in [3.63, 3.8) is 0 Å². The van der Waals surface area contributed by atoms with Crippen LogP contribution in [-0.2, 0) is 35.6 Å². The van der Waals surface area contributed by atoms with Gasteiger partial charge in [-0.25, -0.2) is 0 Å². The second-order valence-corrected chi connectivity index (χ2v) is 8.67. The molecule has 0 bridgehead atoms. The minimum absolute atomic E-state index is 0.0746. The second-order valence-electron chi connectivity index (χ2n) is 8.67. The molecule has 1 amide bonds. The van der Waals surface area contributed by atoms with E-state index >= 15 is 0 Å². The maximum Gasteiger partial charge on any atom is 0.303 e. The molecule has 6 heteroatoms. The summed E-state index contributed by atoms with van der Waals surface area (Å²) in [7, 11) is 0. The van der Waals surface area contributed by atoms with Gasteiger partial charge in [0.25, 0.3) is 0 Å².